The van der Waals surface area contributed by atoms with E-state index in [0.717, 1.165) is 24.3 Å². The van der Waals surface area contributed by atoms with Crippen LogP contribution in [0.2, 0.25) is 0 Å². The zero-order chi connectivity index (χ0) is 24.4. The van der Waals surface area contributed by atoms with Gasteiger partial charge in [0.2, 0.25) is 5.91 Å². The number of anilines is 1. The molecule has 0 bridgehead atoms. The van der Waals surface area contributed by atoms with E-state index < -0.39 is 34.1 Å². The maximum absolute atomic E-state index is 12.8. The molecular formula is C21H19F6N3O3. The van der Waals surface area contributed by atoms with Gasteiger partial charge in [-0.3, -0.25) is 14.9 Å². The Hall–Kier alpha value is -3.31. The van der Waals surface area contributed by atoms with E-state index in [4.69, 9.17) is 0 Å². The van der Waals surface area contributed by atoms with Crippen LogP contribution in [0.15, 0.2) is 42.5 Å². The number of likely N-dealkylation sites (tertiary alicyclic amines) is 1. The molecule has 2 aromatic rings. The highest BCUT2D eigenvalue weighted by Crippen LogP contribution is 2.35. The number of carbonyl (C=O) groups excluding carboxylic acids is 1. The van der Waals surface area contributed by atoms with Crippen LogP contribution in [0.25, 0.3) is 0 Å². The molecule has 2 aromatic carbocycles. The maximum atomic E-state index is 12.8. The summed E-state index contributed by atoms with van der Waals surface area (Å²) in [5.41, 5.74) is -2.21. The van der Waals surface area contributed by atoms with Crippen molar-refractivity contribution in [2.24, 2.45) is 0 Å². The number of alkyl halides is 6. The Bertz CT molecular complexity index is 1010. The Morgan fingerprint density at radius 2 is 1.52 bits per heavy atom. The molecule has 33 heavy (non-hydrogen) atoms. The molecule has 0 atom stereocenters. The van der Waals surface area contributed by atoms with Crippen LogP contribution < -0.4 is 5.32 Å². The first-order chi connectivity index (χ1) is 15.3. The number of benzene rings is 2. The van der Waals surface area contributed by atoms with E-state index in [2.05, 4.69) is 5.32 Å². The first-order valence-electron chi connectivity index (χ1n) is 9.90. The van der Waals surface area contributed by atoms with Crippen molar-refractivity contribution < 1.29 is 36.1 Å². The van der Waals surface area contributed by atoms with Crippen LogP contribution in [0.3, 0.4) is 0 Å². The van der Waals surface area contributed by atoms with Gasteiger partial charge in [0, 0.05) is 25.2 Å². The molecule has 0 aromatic heterocycles. The molecule has 1 saturated heterocycles. The fourth-order valence-electron chi connectivity index (χ4n) is 3.57. The summed E-state index contributed by atoms with van der Waals surface area (Å²) in [6.45, 7) is 0.594. The fraction of sp³-hybridized carbons (Fsp3) is 0.381. The Morgan fingerprint density at radius 1 is 0.970 bits per heavy atom. The number of amides is 1. The number of carbonyl (C=O) groups is 1. The molecular weight excluding hydrogens is 456 g/mol. The molecule has 0 aliphatic carbocycles. The van der Waals surface area contributed by atoms with Crippen molar-refractivity contribution in [1.82, 2.24) is 4.90 Å². The second-order valence-corrected chi connectivity index (χ2v) is 7.66. The fourth-order valence-corrected chi connectivity index (χ4v) is 3.57. The van der Waals surface area contributed by atoms with E-state index in [-0.39, 0.29) is 24.1 Å². The van der Waals surface area contributed by atoms with Crippen LogP contribution in [0, 0.1) is 10.1 Å². The Kier molecular flexibility index (Phi) is 6.84. The second-order valence-electron chi connectivity index (χ2n) is 7.66. The highest BCUT2D eigenvalue weighted by atomic mass is 19.4. The van der Waals surface area contributed by atoms with E-state index in [1.54, 1.807) is 0 Å². The minimum Gasteiger partial charge on any atom is -0.377 e. The van der Waals surface area contributed by atoms with Crippen molar-refractivity contribution in [1.29, 1.82) is 0 Å². The monoisotopic (exact) mass is 475 g/mol. The molecule has 1 fully saturated rings. The van der Waals surface area contributed by atoms with Crippen LogP contribution in [-0.4, -0.2) is 34.9 Å². The smallest absolute Gasteiger partial charge is 0.377 e. The summed E-state index contributed by atoms with van der Waals surface area (Å²) in [6, 6.07) is 6.28. The summed E-state index contributed by atoms with van der Waals surface area (Å²) >= 11 is 0. The lowest BCUT2D eigenvalue weighted by atomic mass is 10.0. The lowest BCUT2D eigenvalue weighted by molar-refractivity contribution is -0.384. The summed E-state index contributed by atoms with van der Waals surface area (Å²) in [7, 11) is 0. The molecule has 0 unspecified atom stereocenters. The molecule has 3 rings (SSSR count). The molecule has 1 aliphatic rings. The Labute approximate surface area is 184 Å². The molecule has 6 nitrogen and oxygen atoms in total. The number of nitrogens with zero attached hydrogens (tertiary/aromatic N) is 2. The van der Waals surface area contributed by atoms with Crippen molar-refractivity contribution in [3.63, 3.8) is 0 Å². The quantitative estimate of drug-likeness (QED) is 0.363. The molecule has 0 saturated carbocycles. The van der Waals surface area contributed by atoms with Crippen LogP contribution >= 0.6 is 0 Å². The van der Waals surface area contributed by atoms with Gasteiger partial charge in [0.25, 0.3) is 5.69 Å². The third-order valence-corrected chi connectivity index (χ3v) is 5.37. The normalized spacial score (nSPS) is 15.4. The highest BCUT2D eigenvalue weighted by Gasteiger charge is 2.34. The van der Waals surface area contributed by atoms with Gasteiger partial charge in [0.1, 0.15) is 5.69 Å². The molecule has 0 spiro atoms. The van der Waals surface area contributed by atoms with Gasteiger partial charge >= 0.3 is 12.4 Å². The summed E-state index contributed by atoms with van der Waals surface area (Å²) in [5.74, 6) is -0.270. The number of rotatable bonds is 5. The number of piperidine rings is 1. The lowest BCUT2D eigenvalue weighted by Gasteiger charge is -2.33. The first kappa shape index (κ1) is 24.3. The van der Waals surface area contributed by atoms with Crippen LogP contribution in [-0.2, 0) is 23.6 Å². The highest BCUT2D eigenvalue weighted by molar-refractivity contribution is 5.79. The molecule has 0 radical (unpaired) electrons. The van der Waals surface area contributed by atoms with Crippen molar-refractivity contribution in [2.75, 3.05) is 18.4 Å². The van der Waals surface area contributed by atoms with Crippen molar-refractivity contribution in [3.05, 3.63) is 69.3 Å². The van der Waals surface area contributed by atoms with E-state index in [9.17, 15) is 41.3 Å². The van der Waals surface area contributed by atoms with Gasteiger partial charge in [0.15, 0.2) is 0 Å². The zero-order valence-electron chi connectivity index (χ0n) is 17.0. The van der Waals surface area contributed by atoms with E-state index in [0.29, 0.717) is 37.6 Å². The minimum atomic E-state index is -4.71. The lowest BCUT2D eigenvalue weighted by Crippen LogP contribution is -2.43. The molecule has 1 N–H and O–H groups in total. The van der Waals surface area contributed by atoms with Gasteiger partial charge < -0.3 is 10.2 Å². The van der Waals surface area contributed by atoms with Gasteiger partial charge in [-0.25, -0.2) is 0 Å². The van der Waals surface area contributed by atoms with E-state index >= 15 is 0 Å². The molecule has 1 aliphatic heterocycles. The Balaban J connectivity index is 1.58. The molecule has 12 heteroatoms. The first-order valence-corrected chi connectivity index (χ1v) is 9.90. The van der Waals surface area contributed by atoms with Gasteiger partial charge in [-0.2, -0.15) is 26.3 Å². The third-order valence-electron chi connectivity index (χ3n) is 5.37. The van der Waals surface area contributed by atoms with Crippen molar-refractivity contribution in [3.8, 4) is 0 Å². The average molecular weight is 475 g/mol. The topological polar surface area (TPSA) is 75.5 Å². The average Bonchev–Trinajstić information content (AvgIpc) is 2.73. The summed E-state index contributed by atoms with van der Waals surface area (Å²) in [6.07, 6.45) is -8.43. The summed E-state index contributed by atoms with van der Waals surface area (Å²) in [4.78, 5) is 24.3. The van der Waals surface area contributed by atoms with Crippen LogP contribution in [0.5, 0.6) is 0 Å². The molecule has 1 amide bonds. The van der Waals surface area contributed by atoms with Crippen molar-refractivity contribution in [2.45, 2.75) is 37.7 Å². The number of hydrogen-bond donors (Lipinski definition) is 1. The van der Waals surface area contributed by atoms with Crippen LogP contribution in [0.4, 0.5) is 37.7 Å². The third kappa shape index (κ3) is 6.14. The zero-order valence-corrected chi connectivity index (χ0v) is 17.0. The number of halogens is 6. The van der Waals surface area contributed by atoms with Crippen LogP contribution in [0.1, 0.15) is 29.5 Å². The predicted octanol–water partition coefficient (Wildman–Crippen LogP) is 5.28. The second kappa shape index (κ2) is 9.28. The van der Waals surface area contributed by atoms with E-state index in [1.807, 2.05) is 0 Å². The summed E-state index contributed by atoms with van der Waals surface area (Å²) in [5, 5.41) is 14.1. The predicted molar refractivity (Wildman–Crippen MR) is 106 cm³/mol. The van der Waals surface area contributed by atoms with Gasteiger partial charge in [-0.15, -0.1) is 0 Å². The number of nitrogens with one attached hydrogen (secondary N) is 1. The van der Waals surface area contributed by atoms with E-state index in [1.165, 1.54) is 17.0 Å². The Morgan fingerprint density at radius 3 is 2.03 bits per heavy atom. The largest absolute Gasteiger partial charge is 0.416 e. The SMILES string of the molecule is O=C(Cc1ccc(C(F)(F)F)cc1)N1CCC(Nc2ccc(C(F)(F)F)cc2[N+](=O)[O-])CC1. The maximum Gasteiger partial charge on any atom is 0.416 e. The van der Waals surface area contributed by atoms with Gasteiger partial charge in [-0.1, -0.05) is 12.1 Å². The standard InChI is InChI=1S/C21H19F6N3O3/c22-20(23,24)14-3-1-13(2-4-14)11-19(31)29-9-7-16(8-10-29)28-17-6-5-15(21(25,26)27)12-18(17)30(32)33/h1-6,12,16,28H,7-11H2. The van der Waals surface area contributed by atoms with Gasteiger partial charge in [-0.05, 0) is 42.7 Å². The molecule has 1 heterocycles. The summed E-state index contributed by atoms with van der Waals surface area (Å²) < 4.78 is 76.4. The minimum absolute atomic E-state index is 0.0393. The number of hydrogen-bond acceptors (Lipinski definition) is 4. The number of nitro groups is 1. The van der Waals surface area contributed by atoms with Gasteiger partial charge in [0.05, 0.1) is 22.5 Å². The van der Waals surface area contributed by atoms with Crippen molar-refractivity contribution >= 4 is 17.3 Å². The number of nitro benzene ring substituents is 1. The molecule has 178 valence electrons.